The number of anilines is 2. The predicted molar refractivity (Wildman–Crippen MR) is 139 cm³/mol. The molecule has 2 bridgehead atoms. The van der Waals surface area contributed by atoms with Crippen molar-refractivity contribution in [3.63, 3.8) is 0 Å². The normalized spacial score (nSPS) is 19.6. The average Bonchev–Trinajstić information content (AvgIpc) is 2.75. The van der Waals surface area contributed by atoms with Crippen molar-refractivity contribution in [1.82, 2.24) is 5.32 Å². The zero-order chi connectivity index (χ0) is 24.0. The molecule has 0 saturated carbocycles. The average molecular weight is 508 g/mol. The molecule has 0 aliphatic carbocycles. The van der Waals surface area contributed by atoms with Gasteiger partial charge in [-0.25, -0.2) is 8.42 Å². The Morgan fingerprint density at radius 1 is 1.18 bits per heavy atom. The van der Waals surface area contributed by atoms with Gasteiger partial charge in [0.15, 0.2) is 0 Å². The number of nitrogens with zero attached hydrogens (tertiary/aromatic N) is 3. The van der Waals surface area contributed by atoms with Crippen LogP contribution in [0.2, 0.25) is 0 Å². The van der Waals surface area contributed by atoms with Crippen LogP contribution in [0.1, 0.15) is 37.5 Å². The summed E-state index contributed by atoms with van der Waals surface area (Å²) in [6.07, 6.45) is 8.49. The molecule has 8 nitrogen and oxygen atoms in total. The molecule has 0 amide bonds. The van der Waals surface area contributed by atoms with E-state index in [1.54, 1.807) is 19.2 Å². The molecule has 3 aliphatic rings. The SMILES string of the molecule is COc1c(/C=C/c2ccc(NS(C)(=O)=O)cc2)cc(N2C=CC3NC2[N+]3=[N-])cc1C(C)(C)C.[KH]. The minimum absolute atomic E-state index is 0. The van der Waals surface area contributed by atoms with Crippen molar-refractivity contribution in [3.05, 3.63) is 70.9 Å². The number of hydrogen-bond donors (Lipinski definition) is 2. The van der Waals surface area contributed by atoms with Crippen LogP contribution in [0, 0.1) is 0 Å². The second-order valence-electron chi connectivity index (χ2n) is 9.31. The van der Waals surface area contributed by atoms with Gasteiger partial charge in [-0.1, -0.05) is 45.1 Å². The minimum atomic E-state index is -3.31. The molecule has 10 heteroatoms. The van der Waals surface area contributed by atoms with E-state index in [1.165, 1.54) is 4.70 Å². The first-order valence-electron chi connectivity index (χ1n) is 10.6. The van der Waals surface area contributed by atoms with E-state index in [1.807, 2.05) is 47.5 Å². The molecular formula is C24H30KN5O3S. The molecule has 1 saturated heterocycles. The zero-order valence-electron chi connectivity index (χ0n) is 19.4. The molecule has 3 heterocycles. The van der Waals surface area contributed by atoms with Crippen LogP contribution in [-0.2, 0) is 15.4 Å². The van der Waals surface area contributed by atoms with Gasteiger partial charge in [-0.05, 0) is 35.2 Å². The van der Waals surface area contributed by atoms with Gasteiger partial charge < -0.3 is 10.3 Å². The summed E-state index contributed by atoms with van der Waals surface area (Å²) in [6, 6.07) is 11.3. The van der Waals surface area contributed by atoms with Crippen LogP contribution in [0.3, 0.4) is 0 Å². The summed E-state index contributed by atoms with van der Waals surface area (Å²) < 4.78 is 32.4. The Balaban J connectivity index is 0.00000324. The van der Waals surface area contributed by atoms with E-state index in [2.05, 4.69) is 36.9 Å². The summed E-state index contributed by atoms with van der Waals surface area (Å²) in [5.74, 6) is 0.791. The second-order valence-corrected chi connectivity index (χ2v) is 11.1. The Hall–Kier alpha value is -1.53. The topological polar surface area (TPSA) is 96.0 Å². The van der Waals surface area contributed by atoms with E-state index in [-0.39, 0.29) is 69.3 Å². The number of fused-ring (bicyclic) bond motifs is 1. The molecule has 0 aromatic heterocycles. The van der Waals surface area contributed by atoms with Gasteiger partial charge in [0.2, 0.25) is 16.2 Å². The fraction of sp³-hybridized carbons (Fsp3) is 0.333. The van der Waals surface area contributed by atoms with Crippen molar-refractivity contribution in [1.29, 1.82) is 0 Å². The van der Waals surface area contributed by atoms with Gasteiger partial charge in [-0.3, -0.25) is 14.3 Å². The van der Waals surface area contributed by atoms with Crippen LogP contribution in [0.4, 0.5) is 11.4 Å². The molecule has 2 unspecified atom stereocenters. The number of rotatable bonds is 6. The standard InChI is InChI=1S/C24H29N5O3S.K.H/c1-24(2,3)20-15-19(28-13-12-21-26-23(28)29(21)25)14-17(22(20)32-4)9-6-16-7-10-18(11-8-16)27-33(5,30)31;;/h6-15,21,23,26-27H,1-5H3;;/b9-6+;;. The van der Waals surface area contributed by atoms with E-state index in [0.717, 1.165) is 34.4 Å². The van der Waals surface area contributed by atoms with Crippen LogP contribution < -0.4 is 19.7 Å². The predicted octanol–water partition coefficient (Wildman–Crippen LogP) is 3.47. The fourth-order valence-electron chi connectivity index (χ4n) is 3.97. The van der Waals surface area contributed by atoms with E-state index < -0.39 is 10.0 Å². The third-order valence-corrected chi connectivity index (χ3v) is 6.24. The van der Waals surface area contributed by atoms with Crippen molar-refractivity contribution in [2.75, 3.05) is 23.0 Å². The number of sulfonamides is 1. The molecule has 0 radical (unpaired) electrons. The van der Waals surface area contributed by atoms with Crippen molar-refractivity contribution >= 4 is 84.9 Å². The van der Waals surface area contributed by atoms with Crippen molar-refractivity contribution in [2.45, 2.75) is 38.6 Å². The molecule has 176 valence electrons. The van der Waals surface area contributed by atoms with Gasteiger partial charge in [0, 0.05) is 34.8 Å². The van der Waals surface area contributed by atoms with Crippen LogP contribution in [-0.4, -0.2) is 90.3 Å². The number of benzene rings is 2. The van der Waals surface area contributed by atoms with Crippen molar-refractivity contribution in [3.8, 4) is 5.75 Å². The third kappa shape index (κ3) is 5.81. The van der Waals surface area contributed by atoms with Crippen molar-refractivity contribution in [2.24, 2.45) is 0 Å². The molecule has 1 fully saturated rings. The Kier molecular flexibility index (Phi) is 8.13. The molecular weight excluding hydrogens is 477 g/mol. The zero-order valence-corrected chi connectivity index (χ0v) is 20.2. The van der Waals surface area contributed by atoms with Crippen LogP contribution >= 0.6 is 0 Å². The first-order valence-corrected chi connectivity index (χ1v) is 12.5. The molecule has 2 atom stereocenters. The second kappa shape index (κ2) is 10.2. The quantitative estimate of drug-likeness (QED) is 0.355. The summed E-state index contributed by atoms with van der Waals surface area (Å²) >= 11 is 0. The molecule has 2 N–H and O–H groups in total. The van der Waals surface area contributed by atoms with Crippen LogP contribution in [0.25, 0.3) is 17.7 Å². The van der Waals surface area contributed by atoms with E-state index >= 15 is 0 Å². The van der Waals surface area contributed by atoms with Crippen molar-refractivity contribution < 1.29 is 17.9 Å². The number of ether oxygens (including phenoxy) is 1. The van der Waals surface area contributed by atoms with E-state index in [9.17, 15) is 13.9 Å². The molecule has 2 aromatic rings. The van der Waals surface area contributed by atoms with Gasteiger partial charge in [0.25, 0.3) is 6.29 Å². The Bertz CT molecular complexity index is 1250. The maximum atomic E-state index is 11.4. The summed E-state index contributed by atoms with van der Waals surface area (Å²) in [5, 5.41) is 3.28. The number of methoxy groups -OCH3 is 1. The van der Waals surface area contributed by atoms with E-state index in [0.29, 0.717) is 5.69 Å². The van der Waals surface area contributed by atoms with Gasteiger partial charge in [0.1, 0.15) is 5.75 Å². The Morgan fingerprint density at radius 2 is 1.85 bits per heavy atom. The first-order chi connectivity index (χ1) is 15.5. The third-order valence-electron chi connectivity index (χ3n) is 5.63. The maximum absolute atomic E-state index is 11.4. The number of hydrogen-bond acceptors (Lipinski definition) is 5. The van der Waals surface area contributed by atoms with Gasteiger partial charge in [-0.2, -0.15) is 5.32 Å². The summed E-state index contributed by atoms with van der Waals surface area (Å²) in [5.41, 5.74) is 14.3. The molecule has 0 spiro atoms. The molecule has 3 aliphatic heterocycles. The number of nitrogens with one attached hydrogen (secondary N) is 2. The Labute approximate surface area is 244 Å². The Morgan fingerprint density at radius 3 is 2.38 bits per heavy atom. The van der Waals surface area contributed by atoms with Crippen LogP contribution in [0.15, 0.2) is 48.7 Å². The monoisotopic (exact) mass is 507 g/mol. The summed E-state index contributed by atoms with van der Waals surface area (Å²) in [4.78, 5) is 1.98. The molecule has 34 heavy (non-hydrogen) atoms. The fourth-order valence-corrected chi connectivity index (χ4v) is 4.53. The molecule has 2 aromatic carbocycles. The summed E-state index contributed by atoms with van der Waals surface area (Å²) in [7, 11) is -1.65. The van der Waals surface area contributed by atoms with Gasteiger partial charge in [0.05, 0.1) is 13.4 Å². The van der Waals surface area contributed by atoms with E-state index in [4.69, 9.17) is 4.74 Å². The van der Waals surface area contributed by atoms with Crippen LogP contribution in [0.5, 0.6) is 5.75 Å². The first kappa shape index (κ1) is 27.1. The molecule has 5 rings (SSSR count). The van der Waals surface area contributed by atoms with Gasteiger partial charge in [-0.15, -0.1) is 0 Å². The van der Waals surface area contributed by atoms with Gasteiger partial charge >= 0.3 is 51.4 Å². The summed E-state index contributed by atoms with van der Waals surface area (Å²) in [6.45, 7) is 6.41.